The minimum Gasteiger partial charge on any atom is -0.337 e. The quantitative estimate of drug-likeness (QED) is 0.737. The van der Waals surface area contributed by atoms with E-state index in [2.05, 4.69) is 14.9 Å². The zero-order chi connectivity index (χ0) is 22.3. The molecule has 3 heterocycles. The Hall–Kier alpha value is -2.26. The summed E-state index contributed by atoms with van der Waals surface area (Å²) >= 11 is 0. The highest BCUT2D eigenvalue weighted by Crippen LogP contribution is 2.40. The largest absolute Gasteiger partial charge is 0.337 e. The highest BCUT2D eigenvalue weighted by molar-refractivity contribution is 7.89. The van der Waals surface area contributed by atoms with Crippen LogP contribution in [-0.4, -0.2) is 52.8 Å². The van der Waals surface area contributed by atoms with E-state index in [1.165, 1.54) is 0 Å². The topological polar surface area (TPSA) is 97.2 Å². The van der Waals surface area contributed by atoms with E-state index in [9.17, 15) is 13.2 Å². The average Bonchev–Trinajstić information content (AvgIpc) is 3.33. The summed E-state index contributed by atoms with van der Waals surface area (Å²) < 4.78 is 28.7. The first-order chi connectivity index (χ1) is 14.7. The smallest absolute Gasteiger partial charge is 0.241 e. The Bertz CT molecular complexity index is 1040. The molecule has 168 valence electrons. The Morgan fingerprint density at radius 3 is 2.10 bits per heavy atom. The van der Waals surface area contributed by atoms with Gasteiger partial charge in [0.05, 0.1) is 23.3 Å². The molecule has 1 N–H and O–H groups in total. The Kier molecular flexibility index (Phi) is 5.91. The lowest BCUT2D eigenvalue weighted by atomic mass is 9.97. The molecule has 0 spiro atoms. The SMILES string of the molecule is Cc1cc(C)c(C)c(S(=O)(=O)NCCC(=O)N2C3CCC2CC(n2nccn2)C3)c1C. The van der Waals surface area contributed by atoms with Crippen molar-refractivity contribution in [3.8, 4) is 0 Å². The fourth-order valence-corrected chi connectivity index (χ4v) is 6.88. The zero-order valence-corrected chi connectivity index (χ0v) is 19.4. The summed E-state index contributed by atoms with van der Waals surface area (Å²) in [6.45, 7) is 7.60. The number of amides is 1. The monoisotopic (exact) mass is 445 g/mol. The Balaban J connectivity index is 1.39. The van der Waals surface area contributed by atoms with E-state index in [0.29, 0.717) is 4.90 Å². The molecule has 2 aliphatic rings. The number of sulfonamides is 1. The number of hydrogen-bond acceptors (Lipinski definition) is 5. The fourth-order valence-electron chi connectivity index (χ4n) is 5.24. The van der Waals surface area contributed by atoms with Crippen LogP contribution in [0, 0.1) is 27.7 Å². The number of benzene rings is 1. The van der Waals surface area contributed by atoms with Gasteiger partial charge >= 0.3 is 0 Å². The van der Waals surface area contributed by atoms with Gasteiger partial charge in [-0.15, -0.1) is 0 Å². The highest BCUT2D eigenvalue weighted by Gasteiger charge is 2.43. The maximum atomic E-state index is 13.0. The lowest BCUT2D eigenvalue weighted by Gasteiger charge is -2.38. The minimum absolute atomic E-state index is 0.0240. The second-order valence-corrected chi connectivity index (χ2v) is 10.6. The number of aryl methyl sites for hydroxylation is 2. The van der Waals surface area contributed by atoms with Crippen molar-refractivity contribution in [2.75, 3.05) is 6.54 Å². The lowest BCUT2D eigenvalue weighted by Crippen LogP contribution is -2.48. The molecule has 2 saturated heterocycles. The van der Waals surface area contributed by atoms with Crippen LogP contribution in [0.3, 0.4) is 0 Å². The maximum absolute atomic E-state index is 13.0. The first-order valence-corrected chi connectivity index (χ1v) is 12.4. The molecule has 0 aliphatic carbocycles. The van der Waals surface area contributed by atoms with Gasteiger partial charge in [-0.3, -0.25) is 4.79 Å². The van der Waals surface area contributed by atoms with Crippen LogP contribution in [0.1, 0.15) is 60.4 Å². The zero-order valence-electron chi connectivity index (χ0n) is 18.6. The molecule has 1 amide bonds. The van der Waals surface area contributed by atoms with Crippen LogP contribution < -0.4 is 4.72 Å². The Morgan fingerprint density at radius 2 is 1.55 bits per heavy atom. The number of nitrogens with one attached hydrogen (secondary N) is 1. The molecule has 2 bridgehead atoms. The van der Waals surface area contributed by atoms with Crippen molar-refractivity contribution in [1.82, 2.24) is 24.6 Å². The Labute approximate surface area is 184 Å². The van der Waals surface area contributed by atoms with Crippen molar-refractivity contribution in [1.29, 1.82) is 0 Å². The summed E-state index contributed by atoms with van der Waals surface area (Å²) in [6, 6.07) is 2.60. The second kappa shape index (κ2) is 8.35. The van der Waals surface area contributed by atoms with E-state index in [4.69, 9.17) is 0 Å². The molecule has 2 unspecified atom stereocenters. The molecule has 1 aromatic carbocycles. The molecule has 31 heavy (non-hydrogen) atoms. The molecule has 1 aromatic heterocycles. The van der Waals surface area contributed by atoms with Crippen molar-refractivity contribution in [3.05, 3.63) is 40.7 Å². The average molecular weight is 446 g/mol. The van der Waals surface area contributed by atoms with E-state index in [0.717, 1.165) is 47.9 Å². The third kappa shape index (κ3) is 4.13. The Morgan fingerprint density at radius 1 is 1.00 bits per heavy atom. The number of rotatable bonds is 6. The van der Waals surface area contributed by atoms with Gasteiger partial charge in [0, 0.05) is 25.0 Å². The number of piperidine rings is 1. The predicted octanol–water partition coefficient (Wildman–Crippen LogP) is 2.57. The number of nitrogens with zero attached hydrogens (tertiary/aromatic N) is 4. The van der Waals surface area contributed by atoms with Crippen molar-refractivity contribution in [3.63, 3.8) is 0 Å². The minimum atomic E-state index is -3.68. The van der Waals surface area contributed by atoms with Gasteiger partial charge in [-0.25, -0.2) is 13.1 Å². The van der Waals surface area contributed by atoms with E-state index in [-0.39, 0.29) is 37.0 Å². The lowest BCUT2D eigenvalue weighted by molar-refractivity contribution is -0.136. The first-order valence-electron chi connectivity index (χ1n) is 10.9. The van der Waals surface area contributed by atoms with Gasteiger partial charge in [0.25, 0.3) is 0 Å². The predicted molar refractivity (Wildman–Crippen MR) is 117 cm³/mol. The van der Waals surface area contributed by atoms with Crippen LogP contribution in [0.5, 0.6) is 0 Å². The van der Waals surface area contributed by atoms with Crippen molar-refractivity contribution < 1.29 is 13.2 Å². The van der Waals surface area contributed by atoms with Gasteiger partial charge in [-0.1, -0.05) is 6.07 Å². The van der Waals surface area contributed by atoms with Crippen LogP contribution in [0.25, 0.3) is 0 Å². The number of aromatic nitrogens is 3. The summed E-state index contributed by atoms with van der Waals surface area (Å²) in [5.41, 5.74) is 3.42. The van der Waals surface area contributed by atoms with Gasteiger partial charge in [-0.05, 0) is 75.6 Å². The summed E-state index contributed by atoms with van der Waals surface area (Å²) in [7, 11) is -3.68. The van der Waals surface area contributed by atoms with E-state index in [1.807, 2.05) is 38.7 Å². The molecule has 2 fully saturated rings. The normalized spacial score (nSPS) is 23.4. The second-order valence-electron chi connectivity index (χ2n) is 8.90. The van der Waals surface area contributed by atoms with Crippen molar-refractivity contribution in [2.45, 2.75) is 82.8 Å². The molecule has 0 saturated carbocycles. The number of fused-ring (bicyclic) bond motifs is 2. The van der Waals surface area contributed by atoms with Crippen LogP contribution in [0.4, 0.5) is 0 Å². The maximum Gasteiger partial charge on any atom is 0.241 e. The van der Waals surface area contributed by atoms with Crippen LogP contribution in [0.2, 0.25) is 0 Å². The summed E-state index contributed by atoms with van der Waals surface area (Å²) in [6.07, 6.45) is 7.21. The number of carbonyl (C=O) groups excluding carboxylic acids is 1. The molecule has 2 aliphatic heterocycles. The third-order valence-corrected chi connectivity index (χ3v) is 8.69. The molecular formula is C22H31N5O3S. The molecule has 8 nitrogen and oxygen atoms in total. The van der Waals surface area contributed by atoms with Gasteiger partial charge in [0.2, 0.25) is 15.9 Å². The van der Waals surface area contributed by atoms with Gasteiger partial charge in [-0.2, -0.15) is 15.0 Å². The van der Waals surface area contributed by atoms with Crippen LogP contribution in [-0.2, 0) is 14.8 Å². The first kappa shape index (κ1) is 22.0. The fraction of sp³-hybridized carbons (Fsp3) is 0.591. The number of hydrogen-bond donors (Lipinski definition) is 1. The molecule has 2 atom stereocenters. The van der Waals surface area contributed by atoms with Crippen molar-refractivity contribution >= 4 is 15.9 Å². The summed E-state index contributed by atoms with van der Waals surface area (Å²) in [4.78, 5) is 17.1. The van der Waals surface area contributed by atoms with E-state index < -0.39 is 10.0 Å². The van der Waals surface area contributed by atoms with E-state index >= 15 is 0 Å². The standard InChI is InChI=1S/C22H31N5O3S/c1-14-11-15(2)17(4)22(16(14)3)31(29,30)25-8-7-21(28)26-18-5-6-19(26)13-20(12-18)27-23-9-10-24-27/h9-11,18-20,25H,5-8,12-13H2,1-4H3. The molecule has 2 aromatic rings. The van der Waals surface area contributed by atoms with Crippen molar-refractivity contribution in [2.24, 2.45) is 0 Å². The van der Waals surface area contributed by atoms with E-state index in [1.54, 1.807) is 17.2 Å². The summed E-state index contributed by atoms with van der Waals surface area (Å²) in [5, 5.41) is 8.53. The van der Waals surface area contributed by atoms with Gasteiger partial charge in [0.15, 0.2) is 0 Å². The molecular weight excluding hydrogens is 414 g/mol. The van der Waals surface area contributed by atoms with Crippen LogP contribution >= 0.6 is 0 Å². The molecule has 0 radical (unpaired) electrons. The summed E-state index contributed by atoms with van der Waals surface area (Å²) in [5.74, 6) is 0.0240. The molecule has 9 heteroatoms. The van der Waals surface area contributed by atoms with Crippen LogP contribution in [0.15, 0.2) is 23.4 Å². The third-order valence-electron chi connectivity index (χ3n) is 6.96. The molecule has 4 rings (SSSR count). The van der Waals surface area contributed by atoms with Gasteiger partial charge in [0.1, 0.15) is 0 Å². The number of carbonyl (C=O) groups is 1. The van der Waals surface area contributed by atoms with Gasteiger partial charge < -0.3 is 4.90 Å². The highest BCUT2D eigenvalue weighted by atomic mass is 32.2.